The summed E-state index contributed by atoms with van der Waals surface area (Å²) in [6, 6.07) is 3.11. The van der Waals surface area contributed by atoms with Crippen LogP contribution in [0.5, 0.6) is 0 Å². The molecular formula is C15H14F2O5S. The molecule has 8 heteroatoms. The average molecular weight is 344 g/mol. The van der Waals surface area contributed by atoms with Gasteiger partial charge in [0.15, 0.2) is 9.84 Å². The highest BCUT2D eigenvalue weighted by Gasteiger charge is 2.49. The van der Waals surface area contributed by atoms with E-state index in [0.29, 0.717) is 0 Å². The molecule has 2 atom stereocenters. The summed E-state index contributed by atoms with van der Waals surface area (Å²) in [5, 5.41) is 10.3. The molecule has 0 aromatic heterocycles. The number of sulfone groups is 1. The predicted molar refractivity (Wildman–Crippen MR) is 76.8 cm³/mol. The fraction of sp³-hybridized carbons (Fsp3) is 0.400. The van der Waals surface area contributed by atoms with Gasteiger partial charge < -0.3 is 9.84 Å². The lowest BCUT2D eigenvalue weighted by Gasteiger charge is -2.23. The lowest BCUT2D eigenvalue weighted by Crippen LogP contribution is -2.31. The molecule has 5 nitrogen and oxygen atoms in total. The molecule has 2 heterocycles. The van der Waals surface area contributed by atoms with Crippen LogP contribution in [-0.2, 0) is 19.4 Å². The minimum Gasteiger partial charge on any atom is -0.426 e. The molecule has 1 aromatic rings. The number of aliphatic hydroxyl groups is 1. The van der Waals surface area contributed by atoms with Crippen molar-refractivity contribution in [2.45, 2.75) is 19.1 Å². The number of rotatable bonds is 2. The molecule has 0 spiro atoms. The first-order valence-electron chi connectivity index (χ1n) is 6.97. The van der Waals surface area contributed by atoms with Crippen LogP contribution in [0.3, 0.4) is 0 Å². The topological polar surface area (TPSA) is 80.7 Å². The molecule has 1 aromatic carbocycles. The third kappa shape index (κ3) is 2.66. The number of benzene rings is 1. The Morgan fingerprint density at radius 2 is 1.91 bits per heavy atom. The van der Waals surface area contributed by atoms with Crippen LogP contribution in [0.25, 0.3) is 5.57 Å². The molecule has 0 radical (unpaired) electrons. The molecule has 2 unspecified atom stereocenters. The van der Waals surface area contributed by atoms with E-state index in [1.807, 2.05) is 0 Å². The molecule has 0 amide bonds. The Kier molecular flexibility index (Phi) is 3.57. The van der Waals surface area contributed by atoms with Crippen LogP contribution < -0.4 is 0 Å². The van der Waals surface area contributed by atoms with E-state index in [9.17, 15) is 27.1 Å². The molecule has 0 aliphatic carbocycles. The van der Waals surface area contributed by atoms with Crippen LogP contribution in [-0.4, -0.2) is 36.8 Å². The molecule has 1 saturated heterocycles. The summed E-state index contributed by atoms with van der Waals surface area (Å²) in [5.74, 6) is -6.26. The third-order valence-electron chi connectivity index (χ3n) is 4.12. The largest absolute Gasteiger partial charge is 0.426 e. The maximum absolute atomic E-state index is 14.1. The highest BCUT2D eigenvalue weighted by molar-refractivity contribution is 7.91. The number of carbonyl (C=O) groups is 1. The van der Waals surface area contributed by atoms with Crippen molar-refractivity contribution in [2.75, 3.05) is 11.5 Å². The van der Waals surface area contributed by atoms with Crippen LogP contribution in [0, 0.1) is 17.6 Å². The Morgan fingerprint density at radius 3 is 2.43 bits per heavy atom. The van der Waals surface area contributed by atoms with Crippen LogP contribution in [0.15, 0.2) is 23.8 Å². The van der Waals surface area contributed by atoms with Crippen LogP contribution in [0.1, 0.15) is 18.9 Å². The summed E-state index contributed by atoms with van der Waals surface area (Å²) >= 11 is 0. The Hall–Kier alpha value is -1.80. The zero-order valence-corrected chi connectivity index (χ0v) is 13.0. The smallest absolute Gasteiger partial charge is 0.341 e. The molecule has 1 N–H and O–H groups in total. The number of hydrogen-bond acceptors (Lipinski definition) is 5. The number of ether oxygens (including phenoxy) is 1. The number of cyclic esters (lactones) is 1. The Labute approximate surface area is 131 Å². The molecule has 2 aliphatic rings. The Bertz CT molecular complexity index is 806. The van der Waals surface area contributed by atoms with Gasteiger partial charge in [-0.25, -0.2) is 22.0 Å². The van der Waals surface area contributed by atoms with E-state index in [-0.39, 0.29) is 23.5 Å². The van der Waals surface area contributed by atoms with Crippen molar-refractivity contribution >= 4 is 21.4 Å². The predicted octanol–water partition coefficient (Wildman–Crippen LogP) is 1.42. The molecule has 0 saturated carbocycles. The molecule has 2 aliphatic heterocycles. The minimum absolute atomic E-state index is 0.0763. The quantitative estimate of drug-likeness (QED) is 0.821. The maximum atomic E-state index is 14.1. The number of esters is 1. The van der Waals surface area contributed by atoms with Gasteiger partial charge in [-0.3, -0.25) is 0 Å². The summed E-state index contributed by atoms with van der Waals surface area (Å²) in [6.45, 7) is 1.16. The van der Waals surface area contributed by atoms with Gasteiger partial charge in [0.25, 0.3) is 0 Å². The summed E-state index contributed by atoms with van der Waals surface area (Å²) in [4.78, 5) is 12.1. The number of hydrogen-bond donors (Lipinski definition) is 1. The summed E-state index contributed by atoms with van der Waals surface area (Å²) in [7, 11) is -3.33. The van der Waals surface area contributed by atoms with E-state index >= 15 is 0 Å². The van der Waals surface area contributed by atoms with Crippen LogP contribution in [0.4, 0.5) is 8.78 Å². The first-order chi connectivity index (χ1) is 10.6. The molecular weight excluding hydrogens is 330 g/mol. The van der Waals surface area contributed by atoms with Crippen molar-refractivity contribution in [1.82, 2.24) is 0 Å². The zero-order valence-electron chi connectivity index (χ0n) is 12.2. The highest BCUT2D eigenvalue weighted by atomic mass is 32.2. The normalized spacial score (nSPS) is 29.9. The minimum atomic E-state index is -3.33. The monoisotopic (exact) mass is 344 g/mol. The van der Waals surface area contributed by atoms with Gasteiger partial charge in [-0.05, 0) is 18.6 Å². The van der Waals surface area contributed by atoms with Gasteiger partial charge >= 0.3 is 5.97 Å². The molecule has 23 heavy (non-hydrogen) atoms. The summed E-state index contributed by atoms with van der Waals surface area (Å²) < 4.78 is 56.3. The van der Waals surface area contributed by atoms with Gasteiger partial charge in [0.2, 0.25) is 5.79 Å². The zero-order chi connectivity index (χ0) is 17.0. The van der Waals surface area contributed by atoms with Crippen molar-refractivity contribution < 1.29 is 31.8 Å². The van der Waals surface area contributed by atoms with E-state index in [0.717, 1.165) is 25.1 Å². The van der Waals surface area contributed by atoms with Crippen molar-refractivity contribution in [1.29, 1.82) is 0 Å². The van der Waals surface area contributed by atoms with Gasteiger partial charge in [0, 0.05) is 18.4 Å². The van der Waals surface area contributed by atoms with Gasteiger partial charge in [-0.15, -0.1) is 0 Å². The second-order valence-electron chi connectivity index (χ2n) is 5.86. The summed E-state index contributed by atoms with van der Waals surface area (Å²) in [6.07, 6.45) is 0.157. The summed E-state index contributed by atoms with van der Waals surface area (Å²) in [5.41, 5.74) is -1.10. The Morgan fingerprint density at radius 1 is 1.30 bits per heavy atom. The van der Waals surface area contributed by atoms with Gasteiger partial charge in [0.05, 0.1) is 22.6 Å². The van der Waals surface area contributed by atoms with Gasteiger partial charge in [-0.2, -0.15) is 0 Å². The van der Waals surface area contributed by atoms with E-state index in [1.165, 1.54) is 0 Å². The average Bonchev–Trinajstić information content (AvgIpc) is 2.86. The number of carbonyl (C=O) groups excluding carboxylic acids is 1. The second kappa shape index (κ2) is 5.10. The molecule has 0 bridgehead atoms. The Balaban J connectivity index is 2.24. The van der Waals surface area contributed by atoms with Crippen LogP contribution in [0.2, 0.25) is 0 Å². The molecule has 3 rings (SSSR count). The standard InChI is InChI=1S/C15H14F2O5S/c1-15(19)13(8-5-6-23(20,21)7-8)12(14(18)22-15)11-9(16)3-2-4-10(11)17/h2-4,8,19H,5-7H2,1H3. The van der Waals surface area contributed by atoms with E-state index in [4.69, 9.17) is 4.74 Å². The van der Waals surface area contributed by atoms with E-state index < -0.39 is 50.3 Å². The first-order valence-corrected chi connectivity index (χ1v) is 8.80. The second-order valence-corrected chi connectivity index (χ2v) is 8.09. The van der Waals surface area contributed by atoms with E-state index in [1.54, 1.807) is 0 Å². The fourth-order valence-electron chi connectivity index (χ4n) is 3.21. The van der Waals surface area contributed by atoms with E-state index in [2.05, 4.69) is 0 Å². The van der Waals surface area contributed by atoms with Crippen molar-refractivity contribution in [3.8, 4) is 0 Å². The lowest BCUT2D eigenvalue weighted by atomic mass is 9.86. The fourth-order valence-corrected chi connectivity index (χ4v) is 4.96. The number of halogens is 2. The maximum Gasteiger partial charge on any atom is 0.341 e. The molecule has 1 fully saturated rings. The highest BCUT2D eigenvalue weighted by Crippen LogP contribution is 2.44. The SMILES string of the molecule is CC1(O)OC(=O)C(c2c(F)cccc2F)=C1C1CCS(=O)(=O)C1. The van der Waals surface area contributed by atoms with Gasteiger partial charge in [0.1, 0.15) is 11.6 Å². The van der Waals surface area contributed by atoms with Crippen LogP contribution >= 0.6 is 0 Å². The van der Waals surface area contributed by atoms with Crippen molar-refractivity contribution in [2.24, 2.45) is 5.92 Å². The lowest BCUT2D eigenvalue weighted by molar-refractivity contribution is -0.175. The van der Waals surface area contributed by atoms with Crippen molar-refractivity contribution in [3.63, 3.8) is 0 Å². The van der Waals surface area contributed by atoms with Gasteiger partial charge in [-0.1, -0.05) is 6.07 Å². The third-order valence-corrected chi connectivity index (χ3v) is 5.89. The molecule has 124 valence electrons. The first kappa shape index (κ1) is 16.1. The van der Waals surface area contributed by atoms with Crippen molar-refractivity contribution in [3.05, 3.63) is 41.0 Å².